The Morgan fingerprint density at radius 3 is 2.12 bits per heavy atom. The summed E-state index contributed by atoms with van der Waals surface area (Å²) in [6.07, 6.45) is -4.80. The number of amides is 1. The lowest BCUT2D eigenvalue weighted by Crippen LogP contribution is -2.67. The second-order valence-corrected chi connectivity index (χ2v) is 7.76. The van der Waals surface area contributed by atoms with Crippen LogP contribution in [0, 0.1) is 0 Å². The second-order valence-electron chi connectivity index (χ2n) is 6.91. The molecule has 1 N–H and O–H groups in total. The molecule has 1 heterocycles. The standard InChI is InChI=1S/C20H23Cl2NO9/c1-9(24)23-17-19(30-12(4)27)18(29-11(3)26)16(8-28-10(2)25)32-20(17)31-15-6-5-13(21)7-14(15)22/h5-7,16-20H,8H2,1-4H3,(H,23,24)/t16-,17+,18-,19-,20-/m1/s1. The van der Waals surface area contributed by atoms with Gasteiger partial charge in [0.15, 0.2) is 12.2 Å². The van der Waals surface area contributed by atoms with Gasteiger partial charge in [-0.05, 0) is 18.2 Å². The zero-order valence-electron chi connectivity index (χ0n) is 17.8. The van der Waals surface area contributed by atoms with Crippen molar-refractivity contribution in [2.75, 3.05) is 6.61 Å². The van der Waals surface area contributed by atoms with Crippen LogP contribution in [0.5, 0.6) is 5.75 Å². The molecule has 10 nitrogen and oxygen atoms in total. The van der Waals surface area contributed by atoms with Crippen molar-refractivity contribution in [3.8, 4) is 5.75 Å². The highest BCUT2D eigenvalue weighted by atomic mass is 35.5. The van der Waals surface area contributed by atoms with Gasteiger partial charge in [-0.1, -0.05) is 23.2 Å². The van der Waals surface area contributed by atoms with Crippen molar-refractivity contribution >= 4 is 47.0 Å². The Labute approximate surface area is 194 Å². The van der Waals surface area contributed by atoms with Crippen molar-refractivity contribution in [2.24, 2.45) is 0 Å². The van der Waals surface area contributed by atoms with E-state index in [1.54, 1.807) is 0 Å². The number of nitrogens with one attached hydrogen (secondary N) is 1. The van der Waals surface area contributed by atoms with Crippen LogP contribution in [0.3, 0.4) is 0 Å². The first-order valence-electron chi connectivity index (χ1n) is 9.50. The summed E-state index contributed by atoms with van der Waals surface area (Å²) in [7, 11) is 0. The first kappa shape index (κ1) is 25.7. The quantitative estimate of drug-likeness (QED) is 0.449. The Balaban J connectivity index is 2.47. The van der Waals surface area contributed by atoms with Gasteiger partial charge in [0.2, 0.25) is 12.2 Å². The average Bonchev–Trinajstić information content (AvgIpc) is 2.65. The van der Waals surface area contributed by atoms with Gasteiger partial charge >= 0.3 is 17.9 Å². The number of halogens is 2. The van der Waals surface area contributed by atoms with Gasteiger partial charge in [-0.2, -0.15) is 0 Å². The molecule has 0 spiro atoms. The Kier molecular flexibility index (Phi) is 9.11. The molecule has 176 valence electrons. The van der Waals surface area contributed by atoms with E-state index in [9.17, 15) is 19.2 Å². The first-order chi connectivity index (χ1) is 15.0. The maximum absolute atomic E-state index is 11.9. The van der Waals surface area contributed by atoms with Crippen molar-refractivity contribution in [1.82, 2.24) is 5.32 Å². The van der Waals surface area contributed by atoms with E-state index in [1.807, 2.05) is 0 Å². The molecular weight excluding hydrogens is 469 g/mol. The molecule has 0 radical (unpaired) electrons. The Hall–Kier alpha value is -2.56. The minimum absolute atomic E-state index is 0.158. The zero-order valence-corrected chi connectivity index (χ0v) is 19.3. The molecule has 5 atom stereocenters. The zero-order chi connectivity index (χ0) is 24.0. The van der Waals surface area contributed by atoms with Crippen LogP contribution in [0.2, 0.25) is 10.0 Å². The minimum atomic E-state index is -1.27. The maximum Gasteiger partial charge on any atom is 0.303 e. The molecule has 1 aliphatic rings. The van der Waals surface area contributed by atoms with E-state index in [4.69, 9.17) is 46.9 Å². The van der Waals surface area contributed by atoms with E-state index in [0.717, 1.165) is 13.8 Å². The molecule has 0 saturated carbocycles. The Morgan fingerprint density at radius 2 is 1.59 bits per heavy atom. The fourth-order valence-electron chi connectivity index (χ4n) is 3.09. The summed E-state index contributed by atoms with van der Waals surface area (Å²) >= 11 is 12.1. The number of ether oxygens (including phenoxy) is 5. The predicted molar refractivity (Wildman–Crippen MR) is 111 cm³/mol. The SMILES string of the molecule is CC(=O)N[C@@H]1[C@H](Oc2ccc(Cl)cc2Cl)O[C@H](COC(C)=O)[C@@H](OC(C)=O)[C@@H]1OC(C)=O. The van der Waals surface area contributed by atoms with Crippen LogP contribution in [0.25, 0.3) is 0 Å². The monoisotopic (exact) mass is 491 g/mol. The molecule has 0 unspecified atom stereocenters. The second kappa shape index (κ2) is 11.3. The molecular formula is C20H23Cl2NO9. The van der Waals surface area contributed by atoms with E-state index >= 15 is 0 Å². The maximum atomic E-state index is 11.9. The molecule has 1 aliphatic heterocycles. The highest BCUT2D eigenvalue weighted by Crippen LogP contribution is 2.33. The van der Waals surface area contributed by atoms with Gasteiger partial charge in [0.05, 0.1) is 5.02 Å². The van der Waals surface area contributed by atoms with Crippen molar-refractivity contribution in [3.05, 3.63) is 28.2 Å². The molecule has 1 aromatic rings. The Bertz CT molecular complexity index is 879. The number of carbonyl (C=O) groups is 4. The van der Waals surface area contributed by atoms with Crippen molar-refractivity contribution in [2.45, 2.75) is 58.3 Å². The highest BCUT2D eigenvalue weighted by molar-refractivity contribution is 6.35. The molecule has 0 bridgehead atoms. The van der Waals surface area contributed by atoms with Crippen LogP contribution in [0.15, 0.2) is 18.2 Å². The van der Waals surface area contributed by atoms with Gasteiger partial charge < -0.3 is 29.0 Å². The predicted octanol–water partition coefficient (Wildman–Crippen LogP) is 2.03. The Morgan fingerprint density at radius 1 is 0.969 bits per heavy atom. The lowest BCUT2D eigenvalue weighted by atomic mass is 9.96. The smallest absolute Gasteiger partial charge is 0.303 e. The van der Waals surface area contributed by atoms with Crippen LogP contribution >= 0.6 is 23.2 Å². The van der Waals surface area contributed by atoms with Gasteiger partial charge in [0.25, 0.3) is 0 Å². The normalized spacial score (nSPS) is 24.8. The lowest BCUT2D eigenvalue weighted by Gasteiger charge is -2.44. The number of benzene rings is 1. The van der Waals surface area contributed by atoms with E-state index < -0.39 is 54.5 Å². The largest absolute Gasteiger partial charge is 0.463 e. The van der Waals surface area contributed by atoms with Crippen LogP contribution in [0.4, 0.5) is 0 Å². The number of hydrogen-bond acceptors (Lipinski definition) is 9. The fourth-order valence-corrected chi connectivity index (χ4v) is 3.54. The molecule has 2 rings (SSSR count). The van der Waals surface area contributed by atoms with Gasteiger partial charge in [0.1, 0.15) is 24.5 Å². The van der Waals surface area contributed by atoms with Crippen molar-refractivity contribution < 1.29 is 42.9 Å². The van der Waals surface area contributed by atoms with Gasteiger partial charge in [-0.25, -0.2) is 0 Å². The minimum Gasteiger partial charge on any atom is -0.463 e. The summed E-state index contributed by atoms with van der Waals surface area (Å²) in [5, 5.41) is 3.12. The average molecular weight is 492 g/mol. The highest BCUT2D eigenvalue weighted by Gasteiger charge is 2.52. The van der Waals surface area contributed by atoms with E-state index in [-0.39, 0.29) is 17.4 Å². The van der Waals surface area contributed by atoms with Gasteiger partial charge in [-0.3, -0.25) is 19.2 Å². The third-order valence-electron chi connectivity index (χ3n) is 4.21. The van der Waals surface area contributed by atoms with Gasteiger partial charge in [-0.15, -0.1) is 0 Å². The number of esters is 3. The van der Waals surface area contributed by atoms with E-state index in [1.165, 1.54) is 32.0 Å². The molecule has 1 aromatic carbocycles. The van der Waals surface area contributed by atoms with E-state index in [2.05, 4.69) is 5.32 Å². The summed E-state index contributed by atoms with van der Waals surface area (Å²) in [6.45, 7) is 4.39. The lowest BCUT2D eigenvalue weighted by molar-refractivity contribution is -0.257. The molecule has 12 heteroatoms. The molecule has 32 heavy (non-hydrogen) atoms. The van der Waals surface area contributed by atoms with Crippen LogP contribution in [-0.2, 0) is 38.1 Å². The van der Waals surface area contributed by atoms with Crippen molar-refractivity contribution in [1.29, 1.82) is 0 Å². The van der Waals surface area contributed by atoms with Crippen LogP contribution < -0.4 is 10.1 Å². The summed E-state index contributed by atoms with van der Waals surface area (Å²) in [5.41, 5.74) is 0. The first-order valence-corrected chi connectivity index (χ1v) is 10.3. The summed E-state index contributed by atoms with van der Waals surface area (Å²) in [4.78, 5) is 46.8. The summed E-state index contributed by atoms with van der Waals surface area (Å²) in [6, 6.07) is 3.34. The number of hydrogen-bond donors (Lipinski definition) is 1. The summed E-state index contributed by atoms with van der Waals surface area (Å²) in [5.74, 6) is -2.35. The van der Waals surface area contributed by atoms with Gasteiger partial charge in [0, 0.05) is 32.7 Å². The third-order valence-corrected chi connectivity index (χ3v) is 4.74. The number of carbonyl (C=O) groups excluding carboxylic acids is 4. The molecule has 1 fully saturated rings. The molecule has 1 amide bonds. The van der Waals surface area contributed by atoms with Crippen LogP contribution in [0.1, 0.15) is 27.7 Å². The van der Waals surface area contributed by atoms with E-state index in [0.29, 0.717) is 5.02 Å². The fraction of sp³-hybridized carbons (Fsp3) is 0.500. The number of rotatable bonds is 7. The van der Waals surface area contributed by atoms with Crippen molar-refractivity contribution in [3.63, 3.8) is 0 Å². The van der Waals surface area contributed by atoms with Crippen LogP contribution in [-0.4, -0.2) is 61.1 Å². The topological polar surface area (TPSA) is 126 Å². The summed E-state index contributed by atoms with van der Waals surface area (Å²) < 4.78 is 27.5. The molecule has 0 aliphatic carbocycles. The molecule has 0 aromatic heterocycles. The molecule has 1 saturated heterocycles. The third kappa shape index (κ3) is 7.25.